The number of hydrogen-bond acceptors (Lipinski definition) is 4. The molecule has 3 rings (SSSR count). The Morgan fingerprint density at radius 2 is 1.48 bits per heavy atom. The summed E-state index contributed by atoms with van der Waals surface area (Å²) in [6.45, 7) is 0. The molecule has 0 heterocycles. The SMILES string of the molecule is O=[N+]([O-])c1ccc([P@](=O)(Cc2ccccc2)c2ccccc2O)cc1. The van der Waals surface area contributed by atoms with Crippen molar-refractivity contribution in [2.45, 2.75) is 6.16 Å². The maximum atomic E-state index is 14.0. The molecule has 0 aromatic heterocycles. The predicted octanol–water partition coefficient (Wildman–Crippen LogP) is 3.81. The second-order valence-corrected chi connectivity index (χ2v) is 8.44. The Labute approximate surface area is 145 Å². The number of nitrogens with zero attached hydrogens (tertiary/aromatic N) is 1. The molecule has 126 valence electrons. The smallest absolute Gasteiger partial charge is 0.269 e. The molecule has 0 aliphatic rings. The van der Waals surface area contributed by atoms with Crippen LogP contribution in [0.4, 0.5) is 5.69 Å². The summed E-state index contributed by atoms with van der Waals surface area (Å²) in [6.07, 6.45) is 0.225. The minimum atomic E-state index is -3.21. The van der Waals surface area contributed by atoms with E-state index in [-0.39, 0.29) is 17.6 Å². The lowest BCUT2D eigenvalue weighted by Crippen LogP contribution is -2.18. The van der Waals surface area contributed by atoms with Gasteiger partial charge < -0.3 is 9.67 Å². The minimum absolute atomic E-state index is 0.0416. The highest BCUT2D eigenvalue weighted by molar-refractivity contribution is 7.78. The number of hydrogen-bond donors (Lipinski definition) is 1. The highest BCUT2D eigenvalue weighted by Gasteiger charge is 2.30. The number of para-hydroxylation sites is 1. The predicted molar refractivity (Wildman–Crippen MR) is 98.2 cm³/mol. The molecule has 0 saturated carbocycles. The van der Waals surface area contributed by atoms with Crippen molar-refractivity contribution in [1.82, 2.24) is 0 Å². The second-order valence-electron chi connectivity index (χ2n) is 5.65. The van der Waals surface area contributed by atoms with Crippen molar-refractivity contribution in [3.05, 3.63) is 94.5 Å². The molecule has 0 saturated heterocycles. The molecule has 0 aliphatic carbocycles. The summed E-state index contributed by atoms with van der Waals surface area (Å²) in [4.78, 5) is 10.4. The monoisotopic (exact) mass is 353 g/mol. The van der Waals surface area contributed by atoms with E-state index in [9.17, 15) is 19.8 Å². The summed E-state index contributed by atoms with van der Waals surface area (Å²) in [6, 6.07) is 21.6. The molecule has 1 atom stereocenters. The van der Waals surface area contributed by atoms with Gasteiger partial charge in [0.05, 0.1) is 10.2 Å². The number of rotatable bonds is 5. The molecule has 5 nitrogen and oxygen atoms in total. The third-order valence-corrected chi connectivity index (χ3v) is 7.10. The van der Waals surface area contributed by atoms with Crippen molar-refractivity contribution in [2.75, 3.05) is 0 Å². The Bertz CT molecular complexity index is 939. The number of phenols is 1. The van der Waals surface area contributed by atoms with E-state index in [1.54, 1.807) is 18.2 Å². The van der Waals surface area contributed by atoms with Crippen LogP contribution in [0.5, 0.6) is 5.75 Å². The molecular weight excluding hydrogens is 337 g/mol. The van der Waals surface area contributed by atoms with E-state index in [1.807, 2.05) is 30.3 Å². The molecule has 0 aliphatic heterocycles. The molecule has 1 N–H and O–H groups in total. The van der Waals surface area contributed by atoms with Gasteiger partial charge in [-0.2, -0.15) is 0 Å². The number of aromatic hydroxyl groups is 1. The highest BCUT2D eigenvalue weighted by Crippen LogP contribution is 2.49. The van der Waals surface area contributed by atoms with Gasteiger partial charge in [0.25, 0.3) is 5.69 Å². The van der Waals surface area contributed by atoms with Crippen molar-refractivity contribution in [3.63, 3.8) is 0 Å². The first-order valence-corrected chi connectivity index (χ1v) is 9.56. The first-order valence-electron chi connectivity index (χ1n) is 7.67. The van der Waals surface area contributed by atoms with Gasteiger partial charge in [-0.05, 0) is 29.8 Å². The Balaban J connectivity index is 2.13. The molecule has 3 aromatic rings. The van der Waals surface area contributed by atoms with Crippen LogP contribution >= 0.6 is 7.14 Å². The van der Waals surface area contributed by atoms with Gasteiger partial charge in [-0.3, -0.25) is 10.1 Å². The van der Waals surface area contributed by atoms with Crippen LogP contribution in [-0.2, 0) is 10.7 Å². The average Bonchev–Trinajstić information content (AvgIpc) is 2.63. The summed E-state index contributed by atoms with van der Waals surface area (Å²) >= 11 is 0. The van der Waals surface area contributed by atoms with E-state index in [2.05, 4.69) is 0 Å². The molecule has 6 heteroatoms. The second kappa shape index (κ2) is 6.91. The molecule has 25 heavy (non-hydrogen) atoms. The van der Waals surface area contributed by atoms with Gasteiger partial charge in [0.1, 0.15) is 5.75 Å². The van der Waals surface area contributed by atoms with Crippen molar-refractivity contribution < 1.29 is 14.6 Å². The lowest BCUT2D eigenvalue weighted by molar-refractivity contribution is -0.384. The molecule has 0 spiro atoms. The van der Waals surface area contributed by atoms with Gasteiger partial charge in [0, 0.05) is 23.6 Å². The topological polar surface area (TPSA) is 80.4 Å². The Morgan fingerprint density at radius 1 is 0.880 bits per heavy atom. The summed E-state index contributed by atoms with van der Waals surface area (Å²) in [5.41, 5.74) is 0.805. The first kappa shape index (κ1) is 16.9. The van der Waals surface area contributed by atoms with Crippen molar-refractivity contribution >= 4 is 23.4 Å². The van der Waals surface area contributed by atoms with E-state index in [4.69, 9.17) is 0 Å². The Morgan fingerprint density at radius 3 is 2.08 bits per heavy atom. The van der Waals surface area contributed by atoms with E-state index in [0.29, 0.717) is 10.6 Å². The van der Waals surface area contributed by atoms with Crippen molar-refractivity contribution in [2.24, 2.45) is 0 Å². The van der Waals surface area contributed by atoms with Gasteiger partial charge in [0.2, 0.25) is 0 Å². The molecule has 0 unspecified atom stereocenters. The maximum Gasteiger partial charge on any atom is 0.269 e. The lowest BCUT2D eigenvalue weighted by atomic mass is 10.2. The summed E-state index contributed by atoms with van der Waals surface area (Å²) in [5, 5.41) is 22.0. The number of benzene rings is 3. The Kier molecular flexibility index (Phi) is 4.68. The molecule has 0 fully saturated rings. The maximum absolute atomic E-state index is 14.0. The van der Waals surface area contributed by atoms with E-state index in [0.717, 1.165) is 5.56 Å². The quantitative estimate of drug-likeness (QED) is 0.430. The van der Waals surface area contributed by atoms with Gasteiger partial charge in [-0.1, -0.05) is 42.5 Å². The lowest BCUT2D eigenvalue weighted by Gasteiger charge is -2.20. The zero-order chi connectivity index (χ0) is 17.9. The molecule has 0 amide bonds. The van der Waals surface area contributed by atoms with E-state index >= 15 is 0 Å². The third kappa shape index (κ3) is 3.47. The number of phenolic OH excluding ortho intramolecular Hbond substituents is 1. The van der Waals surface area contributed by atoms with E-state index < -0.39 is 12.1 Å². The summed E-state index contributed by atoms with van der Waals surface area (Å²) in [5.74, 6) is -0.0416. The van der Waals surface area contributed by atoms with Crippen LogP contribution in [-0.4, -0.2) is 10.0 Å². The van der Waals surface area contributed by atoms with Crippen LogP contribution in [0.2, 0.25) is 0 Å². The van der Waals surface area contributed by atoms with Crippen LogP contribution in [0.1, 0.15) is 5.56 Å². The first-order chi connectivity index (χ1) is 12.0. The fourth-order valence-corrected chi connectivity index (χ4v) is 5.50. The molecular formula is C19H16NO4P. The minimum Gasteiger partial charge on any atom is -0.507 e. The fraction of sp³-hybridized carbons (Fsp3) is 0.0526. The van der Waals surface area contributed by atoms with Crippen LogP contribution < -0.4 is 10.6 Å². The van der Waals surface area contributed by atoms with E-state index in [1.165, 1.54) is 30.3 Å². The van der Waals surface area contributed by atoms with Gasteiger partial charge in [-0.25, -0.2) is 0 Å². The molecule has 3 aromatic carbocycles. The van der Waals surface area contributed by atoms with Crippen molar-refractivity contribution in [1.29, 1.82) is 0 Å². The number of nitro groups is 1. The average molecular weight is 353 g/mol. The van der Waals surface area contributed by atoms with Gasteiger partial charge in [-0.15, -0.1) is 0 Å². The third-order valence-electron chi connectivity index (χ3n) is 4.00. The number of nitro benzene ring substituents is 1. The van der Waals surface area contributed by atoms with Crippen LogP contribution in [0.3, 0.4) is 0 Å². The standard InChI is InChI=1S/C19H16NO4P/c21-18-8-4-5-9-19(18)25(24,14-15-6-2-1-3-7-15)17-12-10-16(11-13-17)20(22)23/h1-13,21H,14H2/t25-/m1/s1. The largest absolute Gasteiger partial charge is 0.507 e. The molecule has 0 radical (unpaired) electrons. The summed E-state index contributed by atoms with van der Waals surface area (Å²) in [7, 11) is -3.21. The van der Waals surface area contributed by atoms with Crippen LogP contribution in [0, 0.1) is 10.1 Å². The van der Waals surface area contributed by atoms with Gasteiger partial charge in [0.15, 0.2) is 7.14 Å². The Hall–Kier alpha value is -2.91. The van der Waals surface area contributed by atoms with Gasteiger partial charge >= 0.3 is 0 Å². The normalized spacial score (nSPS) is 13.1. The van der Waals surface area contributed by atoms with Crippen molar-refractivity contribution in [3.8, 4) is 5.75 Å². The number of non-ortho nitro benzene ring substituents is 1. The summed E-state index contributed by atoms with van der Waals surface area (Å²) < 4.78 is 14.0. The fourth-order valence-electron chi connectivity index (χ4n) is 2.74. The molecule has 0 bridgehead atoms. The zero-order valence-electron chi connectivity index (χ0n) is 13.3. The van der Waals surface area contributed by atoms with Crippen LogP contribution in [0.15, 0.2) is 78.9 Å². The highest BCUT2D eigenvalue weighted by atomic mass is 31.2. The van der Waals surface area contributed by atoms with Crippen LogP contribution in [0.25, 0.3) is 0 Å². The zero-order valence-corrected chi connectivity index (χ0v) is 14.2.